The maximum Gasteiger partial charge on any atom is 0.315 e. The number of carbonyl (C=O) groups is 5. The Morgan fingerprint density at radius 2 is 1.67 bits per heavy atom. The van der Waals surface area contributed by atoms with Crippen LogP contribution in [0, 0.1) is 5.41 Å². The first-order valence-electron chi connectivity index (χ1n) is 13.8. The van der Waals surface area contributed by atoms with E-state index in [2.05, 4.69) is 21.3 Å². The molecule has 39 heavy (non-hydrogen) atoms. The molecule has 0 aromatic heterocycles. The second kappa shape index (κ2) is 14.0. The number of likely N-dealkylation sites (tertiary alicyclic amines) is 1. The van der Waals surface area contributed by atoms with Crippen LogP contribution in [-0.4, -0.2) is 108 Å². The summed E-state index contributed by atoms with van der Waals surface area (Å²) >= 11 is 0. The fraction of sp³-hybridized carbons (Fsp3) is 0.808. The van der Waals surface area contributed by atoms with Gasteiger partial charge in [0.1, 0.15) is 12.1 Å². The second-order valence-corrected chi connectivity index (χ2v) is 11.8. The molecule has 1 heterocycles. The minimum atomic E-state index is -0.928. The molecule has 5 N–H and O–H groups in total. The lowest BCUT2D eigenvalue weighted by Gasteiger charge is -2.42. The molecule has 13 nitrogen and oxygen atoms in total. The molecule has 1 aliphatic heterocycles. The van der Waals surface area contributed by atoms with Crippen LogP contribution >= 0.6 is 0 Å². The number of hydrogen-bond donors (Lipinski definition) is 5. The fourth-order valence-electron chi connectivity index (χ4n) is 5.11. The maximum absolute atomic E-state index is 13.7. The van der Waals surface area contributed by atoms with E-state index in [9.17, 15) is 29.2 Å². The van der Waals surface area contributed by atoms with Crippen molar-refractivity contribution in [2.75, 3.05) is 40.3 Å². The van der Waals surface area contributed by atoms with Gasteiger partial charge < -0.3 is 26.2 Å². The number of hydroxylamine groups is 1. The van der Waals surface area contributed by atoms with E-state index < -0.39 is 53.2 Å². The van der Waals surface area contributed by atoms with Gasteiger partial charge in [0.15, 0.2) is 0 Å². The molecular formula is C26H47N7O6. The van der Waals surface area contributed by atoms with Gasteiger partial charge in [-0.05, 0) is 38.0 Å². The van der Waals surface area contributed by atoms with E-state index in [1.165, 1.54) is 4.90 Å². The molecule has 2 fully saturated rings. The zero-order chi connectivity index (χ0) is 29.4. The van der Waals surface area contributed by atoms with Crippen molar-refractivity contribution >= 4 is 29.5 Å². The van der Waals surface area contributed by atoms with Crippen LogP contribution in [0.4, 0.5) is 4.79 Å². The summed E-state index contributed by atoms with van der Waals surface area (Å²) in [5, 5.41) is 23.7. The van der Waals surface area contributed by atoms with Gasteiger partial charge in [-0.2, -0.15) is 0 Å². The summed E-state index contributed by atoms with van der Waals surface area (Å²) in [6.45, 7) is 7.59. The number of amides is 5. The molecule has 0 aromatic carbocycles. The van der Waals surface area contributed by atoms with E-state index in [-0.39, 0.29) is 12.5 Å². The minimum Gasteiger partial charge on any atom is -0.350 e. The number of likely N-dealkylation sites (N-methyl/N-ethyl adjacent to an activating group) is 1. The van der Waals surface area contributed by atoms with Crippen LogP contribution in [0.3, 0.4) is 0 Å². The SMILES string of the molecule is CCNC(=O)C(=O)CNC(=O)C1CCCN1C(=O)C(NC(=O)NC1(CN(O)N(C)C)CCCCC1)C(C)(C)C. The number of hydrazine groups is 1. The third kappa shape index (κ3) is 9.14. The smallest absolute Gasteiger partial charge is 0.315 e. The zero-order valence-electron chi connectivity index (χ0n) is 24.3. The average molecular weight is 554 g/mol. The molecule has 1 saturated carbocycles. The predicted molar refractivity (Wildman–Crippen MR) is 144 cm³/mol. The summed E-state index contributed by atoms with van der Waals surface area (Å²) in [6.07, 6.45) is 5.28. The fourth-order valence-corrected chi connectivity index (χ4v) is 5.11. The van der Waals surface area contributed by atoms with Crippen LogP contribution < -0.4 is 21.3 Å². The van der Waals surface area contributed by atoms with Gasteiger partial charge in [-0.1, -0.05) is 40.0 Å². The third-order valence-electron chi connectivity index (χ3n) is 7.34. The van der Waals surface area contributed by atoms with Crippen molar-refractivity contribution in [2.45, 2.75) is 90.3 Å². The lowest BCUT2D eigenvalue weighted by atomic mass is 9.81. The summed E-state index contributed by atoms with van der Waals surface area (Å²) in [6, 6.07) is -2.24. The highest BCUT2D eigenvalue weighted by Crippen LogP contribution is 2.30. The van der Waals surface area contributed by atoms with Gasteiger partial charge in [-0.3, -0.25) is 24.4 Å². The summed E-state index contributed by atoms with van der Waals surface area (Å²) in [5.74, 6) is -2.44. The van der Waals surface area contributed by atoms with Gasteiger partial charge in [0.25, 0.3) is 5.91 Å². The number of carbonyl (C=O) groups excluding carboxylic acids is 5. The summed E-state index contributed by atoms with van der Waals surface area (Å²) in [5.41, 5.74) is -1.32. The first kappa shape index (κ1) is 32.4. The number of urea groups is 1. The van der Waals surface area contributed by atoms with Crippen molar-refractivity contribution in [3.8, 4) is 0 Å². The van der Waals surface area contributed by atoms with Gasteiger partial charge in [0, 0.05) is 27.2 Å². The van der Waals surface area contributed by atoms with Crippen LogP contribution in [0.1, 0.15) is 72.6 Å². The lowest BCUT2D eigenvalue weighted by molar-refractivity contribution is -0.236. The van der Waals surface area contributed by atoms with E-state index in [0.717, 1.165) is 24.4 Å². The monoisotopic (exact) mass is 553 g/mol. The number of Topliss-reactive ketones (excluding diaryl/α,β-unsaturated/α-hetero) is 1. The molecule has 5 amide bonds. The number of nitrogens with one attached hydrogen (secondary N) is 4. The predicted octanol–water partition coefficient (Wildman–Crippen LogP) is 0.383. The Kier molecular flexibility index (Phi) is 11.7. The summed E-state index contributed by atoms with van der Waals surface area (Å²) in [4.78, 5) is 65.0. The van der Waals surface area contributed by atoms with Crippen LogP contribution in [0.15, 0.2) is 0 Å². The first-order valence-corrected chi connectivity index (χ1v) is 13.8. The van der Waals surface area contributed by atoms with E-state index in [4.69, 9.17) is 0 Å². The lowest BCUT2D eigenvalue weighted by Crippen LogP contribution is -2.64. The van der Waals surface area contributed by atoms with Crippen LogP contribution in [0.25, 0.3) is 0 Å². The molecule has 2 rings (SSSR count). The molecule has 13 heteroatoms. The van der Waals surface area contributed by atoms with Crippen molar-refractivity contribution in [2.24, 2.45) is 5.41 Å². The Morgan fingerprint density at radius 3 is 2.23 bits per heavy atom. The van der Waals surface area contributed by atoms with Crippen molar-refractivity contribution in [1.82, 2.24) is 36.3 Å². The highest BCUT2D eigenvalue weighted by molar-refractivity contribution is 6.37. The zero-order valence-corrected chi connectivity index (χ0v) is 24.3. The van der Waals surface area contributed by atoms with Crippen LogP contribution in [0.2, 0.25) is 0 Å². The molecule has 1 saturated heterocycles. The molecule has 0 spiro atoms. The molecule has 1 aliphatic carbocycles. The van der Waals surface area contributed by atoms with Crippen molar-refractivity contribution < 1.29 is 29.2 Å². The molecule has 0 aromatic rings. The van der Waals surface area contributed by atoms with Crippen LogP contribution in [0.5, 0.6) is 0 Å². The Hall–Kier alpha value is -2.77. The average Bonchev–Trinajstić information content (AvgIpc) is 3.35. The molecule has 0 bridgehead atoms. The van der Waals surface area contributed by atoms with E-state index >= 15 is 0 Å². The van der Waals surface area contributed by atoms with E-state index in [0.29, 0.717) is 38.8 Å². The van der Waals surface area contributed by atoms with Gasteiger partial charge >= 0.3 is 6.03 Å². The van der Waals surface area contributed by atoms with Crippen molar-refractivity contribution in [3.05, 3.63) is 0 Å². The highest BCUT2D eigenvalue weighted by Gasteiger charge is 2.43. The van der Waals surface area contributed by atoms with Crippen molar-refractivity contribution in [1.29, 1.82) is 0 Å². The Labute approximate surface area is 231 Å². The van der Waals surface area contributed by atoms with Gasteiger partial charge in [0.2, 0.25) is 17.6 Å². The van der Waals surface area contributed by atoms with E-state index in [1.807, 2.05) is 20.8 Å². The minimum absolute atomic E-state index is 0.213. The quantitative estimate of drug-likeness (QED) is 0.181. The third-order valence-corrected chi connectivity index (χ3v) is 7.34. The molecule has 2 aliphatic rings. The number of ketones is 1. The normalized spacial score (nSPS) is 19.9. The van der Waals surface area contributed by atoms with Crippen molar-refractivity contribution in [3.63, 3.8) is 0 Å². The molecular weight excluding hydrogens is 506 g/mol. The number of rotatable bonds is 11. The van der Waals surface area contributed by atoms with Gasteiger partial charge in [-0.25, -0.2) is 9.80 Å². The second-order valence-electron chi connectivity index (χ2n) is 11.8. The topological polar surface area (TPSA) is 163 Å². The van der Waals surface area contributed by atoms with Crippen LogP contribution in [-0.2, 0) is 19.2 Å². The van der Waals surface area contributed by atoms with Gasteiger partial charge in [0.05, 0.1) is 18.6 Å². The van der Waals surface area contributed by atoms with Gasteiger partial charge in [-0.15, -0.1) is 5.17 Å². The Morgan fingerprint density at radius 1 is 1.03 bits per heavy atom. The molecule has 222 valence electrons. The molecule has 2 unspecified atom stereocenters. The number of hydrogen-bond acceptors (Lipinski definition) is 8. The highest BCUT2D eigenvalue weighted by atomic mass is 16.5. The first-order chi connectivity index (χ1) is 18.2. The Balaban J connectivity index is 2.12. The Bertz CT molecular complexity index is 898. The van der Waals surface area contributed by atoms with E-state index in [1.54, 1.807) is 26.0 Å². The maximum atomic E-state index is 13.7. The molecule has 0 radical (unpaired) electrons. The largest absolute Gasteiger partial charge is 0.350 e. The summed E-state index contributed by atoms with van der Waals surface area (Å²) < 4.78 is 0. The molecule has 2 atom stereocenters. The number of nitrogens with zero attached hydrogens (tertiary/aromatic N) is 3. The standard InChI is InChI=1S/C26H47N7O6/c1-7-27-22(36)19(34)16-28-21(35)18-12-11-15-32(18)23(37)20(25(2,3)4)29-24(38)30-26(13-9-8-10-14-26)17-33(39)31(5)6/h18,20,39H,7-17H2,1-6H3,(H,27,36)(H,28,35)(H2,29,30,38). The summed E-state index contributed by atoms with van der Waals surface area (Å²) in [7, 11) is 3.42.